The van der Waals surface area contributed by atoms with Gasteiger partial charge in [-0.15, -0.1) is 11.3 Å². The van der Waals surface area contributed by atoms with Crippen LogP contribution in [0.5, 0.6) is 0 Å². The number of hydrogen-bond donors (Lipinski definition) is 0. The Kier molecular flexibility index (Phi) is 6.75. The molecule has 2 aliphatic rings. The molecule has 0 radical (unpaired) electrons. The van der Waals surface area contributed by atoms with E-state index in [-0.39, 0.29) is 5.41 Å². The van der Waals surface area contributed by atoms with Crippen molar-refractivity contribution in [1.29, 1.82) is 0 Å². The Hall–Kier alpha value is -6.22. The fourth-order valence-electron chi connectivity index (χ4n) is 9.71. The van der Waals surface area contributed by atoms with Crippen LogP contribution in [0.25, 0.3) is 42.4 Å². The third-order valence-electron chi connectivity index (χ3n) is 12.1. The number of benzene rings is 8. The van der Waals surface area contributed by atoms with Crippen molar-refractivity contribution in [3.8, 4) is 22.3 Å². The minimum atomic E-state index is -0.435. The summed E-state index contributed by atoms with van der Waals surface area (Å²) in [5.41, 5.74) is 16.1. The number of rotatable bonds is 5. The SMILES string of the molecule is CC1(C)c2ccccc2-c2ccc(N(c3ccc4c(c3)-c3ccccc3C4(c3ccccc3)c3ccccc3)c3ccc4sc5ccccc5c4c3)cc21. The van der Waals surface area contributed by atoms with Crippen LogP contribution in [0, 0.1) is 0 Å². The quantitative estimate of drug-likeness (QED) is 0.172. The van der Waals surface area contributed by atoms with Crippen molar-refractivity contribution in [2.75, 3.05) is 4.90 Å². The maximum Gasteiger partial charge on any atom is 0.0713 e. The molecule has 1 aromatic heterocycles. The lowest BCUT2D eigenvalue weighted by molar-refractivity contribution is 0.660. The normalized spacial score (nSPS) is 14.4. The Bertz CT molecular complexity index is 2880. The maximum atomic E-state index is 2.49. The monoisotopic (exact) mass is 707 g/mol. The predicted octanol–water partition coefficient (Wildman–Crippen LogP) is 14.2. The lowest BCUT2D eigenvalue weighted by Crippen LogP contribution is -2.28. The average Bonchev–Trinajstić information content (AvgIpc) is 3.82. The summed E-state index contributed by atoms with van der Waals surface area (Å²) in [4.78, 5) is 2.49. The minimum absolute atomic E-state index is 0.108. The molecular weight excluding hydrogens is 671 g/mol. The second-order valence-electron chi connectivity index (χ2n) is 15.3. The number of anilines is 3. The molecule has 8 aromatic carbocycles. The molecule has 0 atom stereocenters. The maximum absolute atomic E-state index is 2.49. The van der Waals surface area contributed by atoms with Gasteiger partial charge in [0.2, 0.25) is 0 Å². The van der Waals surface area contributed by atoms with Gasteiger partial charge in [-0.2, -0.15) is 0 Å². The first-order chi connectivity index (χ1) is 26.5. The summed E-state index contributed by atoms with van der Waals surface area (Å²) in [7, 11) is 0. The van der Waals surface area contributed by atoms with Gasteiger partial charge in [0.1, 0.15) is 0 Å². The highest BCUT2D eigenvalue weighted by molar-refractivity contribution is 7.25. The van der Waals surface area contributed by atoms with Gasteiger partial charge in [-0.1, -0.05) is 153 Å². The van der Waals surface area contributed by atoms with E-state index in [1.54, 1.807) is 0 Å². The summed E-state index contributed by atoms with van der Waals surface area (Å²) in [6.45, 7) is 4.74. The molecule has 0 aliphatic heterocycles. The Labute approximate surface area is 320 Å². The summed E-state index contributed by atoms with van der Waals surface area (Å²) in [5, 5.41) is 2.61. The second-order valence-corrected chi connectivity index (χ2v) is 16.4. The van der Waals surface area contributed by atoms with Gasteiger partial charge in [0, 0.05) is 42.6 Å². The van der Waals surface area contributed by atoms with E-state index in [0.29, 0.717) is 0 Å². The van der Waals surface area contributed by atoms with E-state index in [0.717, 1.165) is 17.1 Å². The predicted molar refractivity (Wildman–Crippen MR) is 229 cm³/mol. The zero-order valence-corrected chi connectivity index (χ0v) is 31.1. The van der Waals surface area contributed by atoms with Crippen molar-refractivity contribution >= 4 is 48.6 Å². The van der Waals surface area contributed by atoms with Gasteiger partial charge in [-0.25, -0.2) is 0 Å². The highest BCUT2D eigenvalue weighted by Crippen LogP contribution is 2.58. The zero-order chi connectivity index (χ0) is 36.0. The zero-order valence-electron chi connectivity index (χ0n) is 30.3. The van der Waals surface area contributed by atoms with Crippen molar-refractivity contribution in [1.82, 2.24) is 0 Å². The summed E-state index contributed by atoms with van der Waals surface area (Å²) in [6.07, 6.45) is 0. The van der Waals surface area contributed by atoms with Gasteiger partial charge >= 0.3 is 0 Å². The van der Waals surface area contributed by atoms with Gasteiger partial charge in [0.15, 0.2) is 0 Å². The molecule has 0 saturated carbocycles. The van der Waals surface area contributed by atoms with Crippen LogP contribution in [-0.4, -0.2) is 0 Å². The third-order valence-corrected chi connectivity index (χ3v) is 13.3. The third kappa shape index (κ3) is 4.32. The highest BCUT2D eigenvalue weighted by atomic mass is 32.1. The molecule has 1 heterocycles. The summed E-state index contributed by atoms with van der Waals surface area (Å²) in [5.74, 6) is 0. The van der Waals surface area contributed by atoms with Crippen molar-refractivity contribution in [3.63, 3.8) is 0 Å². The fourth-order valence-corrected chi connectivity index (χ4v) is 10.8. The van der Waals surface area contributed by atoms with Crippen LogP contribution in [-0.2, 0) is 10.8 Å². The average molecular weight is 708 g/mol. The van der Waals surface area contributed by atoms with Gasteiger partial charge in [0.25, 0.3) is 0 Å². The number of hydrogen-bond acceptors (Lipinski definition) is 2. The summed E-state index contributed by atoms with van der Waals surface area (Å²) < 4.78 is 2.63. The Morgan fingerprint density at radius 1 is 0.370 bits per heavy atom. The van der Waals surface area contributed by atoms with Crippen LogP contribution in [0.4, 0.5) is 17.1 Å². The van der Waals surface area contributed by atoms with Crippen LogP contribution in [0.2, 0.25) is 0 Å². The van der Waals surface area contributed by atoms with Crippen LogP contribution in [0.15, 0.2) is 188 Å². The first kappa shape index (κ1) is 31.3. The van der Waals surface area contributed by atoms with E-state index in [1.165, 1.54) is 75.8 Å². The minimum Gasteiger partial charge on any atom is -0.310 e. The van der Waals surface area contributed by atoms with Crippen LogP contribution >= 0.6 is 11.3 Å². The van der Waals surface area contributed by atoms with Crippen LogP contribution in [0.1, 0.15) is 47.2 Å². The molecule has 9 aromatic rings. The molecule has 0 N–H and O–H groups in total. The van der Waals surface area contributed by atoms with Crippen molar-refractivity contribution < 1.29 is 0 Å². The van der Waals surface area contributed by atoms with E-state index in [2.05, 4.69) is 207 Å². The number of thiophene rings is 1. The molecule has 0 bridgehead atoms. The number of nitrogens with zero attached hydrogens (tertiary/aromatic N) is 1. The van der Waals surface area contributed by atoms with E-state index >= 15 is 0 Å². The Morgan fingerprint density at radius 2 is 0.889 bits per heavy atom. The molecule has 2 heteroatoms. The van der Waals surface area contributed by atoms with Gasteiger partial charge in [0.05, 0.1) is 5.41 Å². The van der Waals surface area contributed by atoms with Gasteiger partial charge < -0.3 is 4.90 Å². The van der Waals surface area contributed by atoms with E-state index in [4.69, 9.17) is 0 Å². The fraction of sp³-hybridized carbons (Fsp3) is 0.0769. The lowest BCUT2D eigenvalue weighted by Gasteiger charge is -2.34. The smallest absolute Gasteiger partial charge is 0.0713 e. The standard InChI is InChI=1S/C52H37NS/c1-51(2)45-22-12-9-19-39(45)41-28-25-38(33-48(41)51)53(37-27-30-50-44(32-37)42-21-11-14-24-49(42)54-50)36-26-29-47-43(31-36)40-20-10-13-23-46(40)52(47,34-15-5-3-6-16-34)35-17-7-4-8-18-35/h3-33H,1-2H3. The molecule has 0 unspecified atom stereocenters. The Morgan fingerprint density at radius 3 is 1.65 bits per heavy atom. The molecular formula is C52H37NS. The number of fused-ring (bicyclic) bond motifs is 9. The van der Waals surface area contributed by atoms with Crippen molar-refractivity contribution in [2.45, 2.75) is 24.7 Å². The largest absolute Gasteiger partial charge is 0.310 e. The molecule has 1 nitrogen and oxygen atoms in total. The van der Waals surface area contributed by atoms with Crippen molar-refractivity contribution in [2.24, 2.45) is 0 Å². The van der Waals surface area contributed by atoms with Gasteiger partial charge in [-0.05, 0) is 104 Å². The molecule has 0 saturated heterocycles. The molecule has 2 aliphatic carbocycles. The highest BCUT2D eigenvalue weighted by Gasteiger charge is 2.46. The topological polar surface area (TPSA) is 3.24 Å². The van der Waals surface area contributed by atoms with E-state index in [1.807, 2.05) is 11.3 Å². The molecule has 256 valence electrons. The van der Waals surface area contributed by atoms with Crippen LogP contribution in [0.3, 0.4) is 0 Å². The summed E-state index contributed by atoms with van der Waals surface area (Å²) in [6, 6.07) is 70.2. The van der Waals surface area contributed by atoms with Crippen LogP contribution < -0.4 is 4.90 Å². The van der Waals surface area contributed by atoms with Gasteiger partial charge in [-0.3, -0.25) is 0 Å². The van der Waals surface area contributed by atoms with E-state index in [9.17, 15) is 0 Å². The second kappa shape index (κ2) is 11.6. The molecule has 54 heavy (non-hydrogen) atoms. The first-order valence-electron chi connectivity index (χ1n) is 18.8. The molecule has 0 amide bonds. The molecule has 0 spiro atoms. The van der Waals surface area contributed by atoms with E-state index < -0.39 is 5.41 Å². The molecule has 11 rings (SSSR count). The molecule has 0 fully saturated rings. The summed E-state index contributed by atoms with van der Waals surface area (Å²) >= 11 is 1.87. The lowest BCUT2D eigenvalue weighted by atomic mass is 9.68. The Balaban J connectivity index is 1.17. The van der Waals surface area contributed by atoms with Crippen molar-refractivity contribution in [3.05, 3.63) is 221 Å². The first-order valence-corrected chi connectivity index (χ1v) is 19.7.